The first-order valence-corrected chi connectivity index (χ1v) is 8.27. The number of hydrogen-bond acceptors (Lipinski definition) is 2. The van der Waals surface area contributed by atoms with Crippen LogP contribution in [0.3, 0.4) is 0 Å². The zero-order valence-corrected chi connectivity index (χ0v) is 13.8. The Morgan fingerprint density at radius 2 is 1.81 bits per heavy atom. The van der Waals surface area contributed by atoms with E-state index in [1.165, 1.54) is 24.3 Å². The molecule has 1 aliphatic heterocycles. The smallest absolute Gasteiger partial charge is 0.407 e. The minimum atomic E-state index is -1.31. The lowest BCUT2D eigenvalue weighted by molar-refractivity contribution is 0.0575. The Kier molecular flexibility index (Phi) is 5.18. The molecular formula is C19H18F3NO3. The second kappa shape index (κ2) is 7.37. The summed E-state index contributed by atoms with van der Waals surface area (Å²) in [4.78, 5) is 12.5. The summed E-state index contributed by atoms with van der Waals surface area (Å²) < 4.78 is 41.5. The van der Waals surface area contributed by atoms with Crippen molar-refractivity contribution in [1.82, 2.24) is 4.90 Å². The number of rotatable bonds is 4. The third kappa shape index (κ3) is 3.39. The molecule has 1 amide bonds. The summed E-state index contributed by atoms with van der Waals surface area (Å²) in [5.74, 6) is -3.71. The molecule has 0 spiro atoms. The summed E-state index contributed by atoms with van der Waals surface area (Å²) >= 11 is 0. The predicted octanol–water partition coefficient (Wildman–Crippen LogP) is 3.74. The number of hydrogen-bond donors (Lipinski definition) is 2. The van der Waals surface area contributed by atoms with Gasteiger partial charge in [-0.1, -0.05) is 24.3 Å². The highest BCUT2D eigenvalue weighted by Crippen LogP contribution is 2.36. The van der Waals surface area contributed by atoms with Crippen molar-refractivity contribution in [2.75, 3.05) is 6.54 Å². The first-order valence-electron chi connectivity index (χ1n) is 8.27. The number of carbonyl (C=O) groups is 1. The SMILES string of the molecule is O=C(O)N1CCCC1[C@@H](O)[C@@H](c1ccc(F)cc1)c1cccc(F)c1F. The van der Waals surface area contributed by atoms with Crippen LogP contribution in [-0.2, 0) is 0 Å². The van der Waals surface area contributed by atoms with Gasteiger partial charge < -0.3 is 15.1 Å². The zero-order chi connectivity index (χ0) is 18.8. The van der Waals surface area contributed by atoms with Crippen molar-refractivity contribution in [2.24, 2.45) is 0 Å². The summed E-state index contributed by atoms with van der Waals surface area (Å²) in [5.41, 5.74) is 0.280. The van der Waals surface area contributed by atoms with E-state index in [9.17, 15) is 28.2 Å². The molecule has 1 unspecified atom stereocenters. The maximum absolute atomic E-state index is 14.4. The second-order valence-corrected chi connectivity index (χ2v) is 6.35. The van der Waals surface area contributed by atoms with Crippen LogP contribution >= 0.6 is 0 Å². The fourth-order valence-corrected chi connectivity index (χ4v) is 3.60. The summed E-state index contributed by atoms with van der Waals surface area (Å²) in [6.07, 6.45) is -1.52. The van der Waals surface area contributed by atoms with Gasteiger partial charge in [-0.15, -0.1) is 0 Å². The van der Waals surface area contributed by atoms with Gasteiger partial charge in [0, 0.05) is 18.0 Å². The molecule has 2 aromatic carbocycles. The molecule has 1 saturated heterocycles. The van der Waals surface area contributed by atoms with Crippen molar-refractivity contribution >= 4 is 6.09 Å². The molecule has 2 N–H and O–H groups in total. The molecule has 1 aliphatic rings. The summed E-state index contributed by atoms with van der Waals surface area (Å²) in [5, 5.41) is 20.3. The molecule has 1 fully saturated rings. The van der Waals surface area contributed by atoms with E-state index in [1.807, 2.05) is 0 Å². The predicted molar refractivity (Wildman–Crippen MR) is 88.4 cm³/mol. The average molecular weight is 365 g/mol. The summed E-state index contributed by atoms with van der Waals surface area (Å²) in [6, 6.07) is 7.96. The molecule has 0 saturated carbocycles. The van der Waals surface area contributed by atoms with Gasteiger partial charge >= 0.3 is 6.09 Å². The highest BCUT2D eigenvalue weighted by atomic mass is 19.2. The maximum atomic E-state index is 14.4. The lowest BCUT2D eigenvalue weighted by atomic mass is 9.82. The van der Waals surface area contributed by atoms with Crippen LogP contribution < -0.4 is 0 Å². The largest absolute Gasteiger partial charge is 0.465 e. The lowest BCUT2D eigenvalue weighted by Gasteiger charge is -2.32. The number of likely N-dealkylation sites (tertiary alicyclic amines) is 1. The molecule has 4 nitrogen and oxygen atoms in total. The zero-order valence-electron chi connectivity index (χ0n) is 13.8. The van der Waals surface area contributed by atoms with Gasteiger partial charge in [-0.05, 0) is 36.6 Å². The van der Waals surface area contributed by atoms with Gasteiger partial charge in [0.25, 0.3) is 0 Å². The average Bonchev–Trinajstić information content (AvgIpc) is 3.10. The summed E-state index contributed by atoms with van der Waals surface area (Å²) in [6.45, 7) is 0.263. The highest BCUT2D eigenvalue weighted by molar-refractivity contribution is 5.66. The van der Waals surface area contributed by atoms with Gasteiger partial charge in [0.05, 0.1) is 12.1 Å². The van der Waals surface area contributed by atoms with Crippen molar-refractivity contribution in [2.45, 2.75) is 30.9 Å². The molecule has 3 atom stereocenters. The number of halogens is 3. The van der Waals surface area contributed by atoms with Crippen LogP contribution in [0.25, 0.3) is 0 Å². The van der Waals surface area contributed by atoms with E-state index in [1.54, 1.807) is 0 Å². The van der Waals surface area contributed by atoms with E-state index < -0.39 is 41.6 Å². The molecule has 0 aromatic heterocycles. The van der Waals surface area contributed by atoms with Crippen molar-refractivity contribution in [1.29, 1.82) is 0 Å². The summed E-state index contributed by atoms with van der Waals surface area (Å²) in [7, 11) is 0. The van der Waals surface area contributed by atoms with Crippen LogP contribution in [0.15, 0.2) is 42.5 Å². The molecule has 3 rings (SSSR count). The molecular weight excluding hydrogens is 347 g/mol. The maximum Gasteiger partial charge on any atom is 0.407 e. The van der Waals surface area contributed by atoms with E-state index in [0.29, 0.717) is 18.4 Å². The third-order valence-corrected chi connectivity index (χ3v) is 4.83. The molecule has 7 heteroatoms. The Labute approximate surface area is 148 Å². The molecule has 1 heterocycles. The fourth-order valence-electron chi connectivity index (χ4n) is 3.60. The van der Waals surface area contributed by atoms with Crippen LogP contribution in [0.2, 0.25) is 0 Å². The van der Waals surface area contributed by atoms with E-state index in [0.717, 1.165) is 23.1 Å². The highest BCUT2D eigenvalue weighted by Gasteiger charge is 2.40. The van der Waals surface area contributed by atoms with Crippen LogP contribution in [0.1, 0.15) is 29.9 Å². The Morgan fingerprint density at radius 3 is 2.46 bits per heavy atom. The molecule has 26 heavy (non-hydrogen) atoms. The Hall–Kier alpha value is -2.54. The van der Waals surface area contributed by atoms with Gasteiger partial charge in [0.2, 0.25) is 0 Å². The standard InChI is InChI=1S/C19H18F3NO3/c20-12-8-6-11(7-9-12)16(13-3-1-4-14(21)17(13)22)18(24)15-5-2-10-23(15)19(25)26/h1,3-4,6-9,15-16,18,24H,2,5,10H2,(H,25,26)/t15?,16-,18+/m0/s1. The first-order chi connectivity index (χ1) is 12.4. The van der Waals surface area contributed by atoms with Crippen molar-refractivity contribution in [3.63, 3.8) is 0 Å². The number of benzene rings is 2. The van der Waals surface area contributed by atoms with Gasteiger partial charge in [0.15, 0.2) is 11.6 Å². The van der Waals surface area contributed by atoms with E-state index in [2.05, 4.69) is 0 Å². The van der Waals surface area contributed by atoms with Crippen molar-refractivity contribution in [3.05, 3.63) is 71.0 Å². The molecule has 138 valence electrons. The third-order valence-electron chi connectivity index (χ3n) is 4.83. The van der Waals surface area contributed by atoms with Gasteiger partial charge in [-0.25, -0.2) is 18.0 Å². The van der Waals surface area contributed by atoms with Gasteiger partial charge in [-0.2, -0.15) is 0 Å². The first kappa shape index (κ1) is 18.3. The van der Waals surface area contributed by atoms with Crippen LogP contribution in [0.5, 0.6) is 0 Å². The normalized spacial score (nSPS) is 19.4. The van der Waals surface area contributed by atoms with Crippen LogP contribution in [0, 0.1) is 17.5 Å². The quantitative estimate of drug-likeness (QED) is 0.868. The van der Waals surface area contributed by atoms with E-state index >= 15 is 0 Å². The minimum Gasteiger partial charge on any atom is -0.465 e. The monoisotopic (exact) mass is 365 g/mol. The van der Waals surface area contributed by atoms with Crippen LogP contribution in [0.4, 0.5) is 18.0 Å². The van der Waals surface area contributed by atoms with Gasteiger partial charge in [0.1, 0.15) is 5.82 Å². The van der Waals surface area contributed by atoms with Gasteiger partial charge in [-0.3, -0.25) is 0 Å². The molecule has 0 bridgehead atoms. The van der Waals surface area contributed by atoms with Crippen LogP contribution in [-0.4, -0.2) is 39.9 Å². The molecule has 2 aromatic rings. The van der Waals surface area contributed by atoms with E-state index in [4.69, 9.17) is 0 Å². The Balaban J connectivity index is 2.07. The fraction of sp³-hybridized carbons (Fsp3) is 0.316. The molecule has 0 radical (unpaired) electrons. The Bertz CT molecular complexity index is 797. The number of aliphatic hydroxyl groups excluding tert-OH is 1. The number of aliphatic hydroxyl groups is 1. The Morgan fingerprint density at radius 1 is 1.12 bits per heavy atom. The van der Waals surface area contributed by atoms with Crippen molar-refractivity contribution in [3.8, 4) is 0 Å². The van der Waals surface area contributed by atoms with E-state index in [-0.39, 0.29) is 12.1 Å². The number of amides is 1. The molecule has 0 aliphatic carbocycles. The lowest BCUT2D eigenvalue weighted by Crippen LogP contribution is -2.45. The van der Waals surface area contributed by atoms with Crippen molar-refractivity contribution < 1.29 is 28.2 Å². The number of nitrogens with zero attached hydrogens (tertiary/aromatic N) is 1. The minimum absolute atomic E-state index is 0.0960. The number of carboxylic acid groups (broad SMARTS) is 1. The topological polar surface area (TPSA) is 60.8 Å². The second-order valence-electron chi connectivity index (χ2n) is 6.35.